The van der Waals surface area contributed by atoms with Crippen LogP contribution in [0.1, 0.15) is 84.6 Å². The molecule has 0 radical (unpaired) electrons. The molecule has 2 aromatic rings. The fraction of sp³-hybridized carbons (Fsp3) is 0.526. The first-order valence-corrected chi connectivity index (χ1v) is 11.0. The number of aromatic nitrogens is 4. The minimum absolute atomic E-state index is 0.0127. The standard InChI is InChI=1S/C7H12OS.C5H6N2OS.C4H4N2O2S.C3H6O/c1-6(8)4-3-5-7(2)9;1-3(8)5-4(2)9-7-6-5;1-2-3(4(7)8)5-6-9-2;1-3(2)4/h3-5H2,1-2H3;1-2H3;1H3,(H,7,8);1-2H3. The van der Waals surface area contributed by atoms with Crippen molar-refractivity contribution in [1.29, 1.82) is 0 Å². The second-order valence-corrected chi connectivity index (χ2v) is 9.00. The van der Waals surface area contributed by atoms with Gasteiger partial charge in [-0.15, -0.1) is 10.2 Å². The van der Waals surface area contributed by atoms with Crippen molar-refractivity contribution in [1.82, 2.24) is 19.2 Å². The quantitative estimate of drug-likeness (QED) is 0.461. The molecule has 0 saturated carbocycles. The normalized spacial score (nSPS) is 9.00. The summed E-state index contributed by atoms with van der Waals surface area (Å²) in [5.74, 6) is -0.603. The molecule has 0 aliphatic heterocycles. The molecular formula is C19H28N4O5S3. The average Bonchev–Trinajstić information content (AvgIpc) is 3.23. The summed E-state index contributed by atoms with van der Waals surface area (Å²) < 4.78 is 7.07. The van der Waals surface area contributed by atoms with Crippen LogP contribution in [0.25, 0.3) is 0 Å². The second kappa shape index (κ2) is 17.4. The summed E-state index contributed by atoms with van der Waals surface area (Å²) in [5.41, 5.74) is 0.556. The molecule has 0 fully saturated rings. The Kier molecular flexibility index (Phi) is 17.3. The highest BCUT2D eigenvalue weighted by Crippen LogP contribution is 2.07. The zero-order chi connectivity index (χ0) is 24.6. The number of hydrogen-bond acceptors (Lipinski definition) is 11. The molecule has 0 aliphatic rings. The van der Waals surface area contributed by atoms with Crippen molar-refractivity contribution in [2.75, 3.05) is 0 Å². The number of rotatable bonds is 6. The minimum atomic E-state index is -1.01. The number of ketones is 3. The lowest BCUT2D eigenvalue weighted by Crippen LogP contribution is -1.97. The molecule has 0 aromatic carbocycles. The van der Waals surface area contributed by atoms with Gasteiger partial charge < -0.3 is 14.7 Å². The van der Waals surface area contributed by atoms with Crippen LogP contribution in [0.4, 0.5) is 0 Å². The highest BCUT2D eigenvalue weighted by molar-refractivity contribution is 7.80. The Labute approximate surface area is 195 Å². The van der Waals surface area contributed by atoms with Crippen molar-refractivity contribution in [3.05, 3.63) is 21.1 Å². The molecule has 0 aliphatic carbocycles. The highest BCUT2D eigenvalue weighted by Gasteiger charge is 2.09. The maximum absolute atomic E-state index is 10.6. The summed E-state index contributed by atoms with van der Waals surface area (Å²) in [5, 5.41) is 15.4. The number of carboxylic acids is 1. The van der Waals surface area contributed by atoms with Gasteiger partial charge in [-0.1, -0.05) is 21.2 Å². The summed E-state index contributed by atoms with van der Waals surface area (Å²) in [6.07, 6.45) is 2.51. The molecule has 0 bridgehead atoms. The first-order valence-electron chi connectivity index (χ1n) is 9.07. The molecule has 0 atom stereocenters. The van der Waals surface area contributed by atoms with Gasteiger partial charge in [0.1, 0.15) is 17.3 Å². The predicted molar refractivity (Wildman–Crippen MR) is 125 cm³/mol. The monoisotopic (exact) mass is 488 g/mol. The number of carboxylic acid groups (broad SMARTS) is 1. The van der Waals surface area contributed by atoms with E-state index in [4.69, 9.17) is 17.3 Å². The van der Waals surface area contributed by atoms with E-state index in [-0.39, 0.29) is 23.0 Å². The molecule has 2 aromatic heterocycles. The van der Waals surface area contributed by atoms with Gasteiger partial charge in [0.05, 0.1) is 9.75 Å². The van der Waals surface area contributed by atoms with Crippen molar-refractivity contribution in [3.8, 4) is 0 Å². The third kappa shape index (κ3) is 18.2. The molecule has 31 heavy (non-hydrogen) atoms. The summed E-state index contributed by atoms with van der Waals surface area (Å²) in [6, 6.07) is 0. The van der Waals surface area contributed by atoms with Crippen LogP contribution in [0.15, 0.2) is 0 Å². The first kappa shape index (κ1) is 30.9. The van der Waals surface area contributed by atoms with Crippen LogP contribution in [0.5, 0.6) is 0 Å². The second-order valence-electron chi connectivity index (χ2n) is 6.38. The number of Topliss-reactive ketones (excluding diaryl/α,β-unsaturated/α-hetero) is 3. The van der Waals surface area contributed by atoms with Crippen molar-refractivity contribution < 1.29 is 24.3 Å². The number of carbonyl (C=O) groups is 4. The molecule has 2 heterocycles. The molecule has 9 nitrogen and oxygen atoms in total. The molecule has 12 heteroatoms. The number of aryl methyl sites for hydroxylation is 2. The lowest BCUT2D eigenvalue weighted by atomic mass is 10.1. The maximum atomic E-state index is 10.6. The summed E-state index contributed by atoms with van der Waals surface area (Å²) in [6.45, 7) is 11.6. The third-order valence-corrected chi connectivity index (χ3v) is 4.36. The Bertz CT molecular complexity index is 809. The van der Waals surface area contributed by atoms with E-state index in [2.05, 4.69) is 19.2 Å². The summed E-state index contributed by atoms with van der Waals surface area (Å²) in [4.78, 5) is 43.2. The molecule has 0 saturated heterocycles. The van der Waals surface area contributed by atoms with Crippen molar-refractivity contribution in [2.45, 2.75) is 67.7 Å². The molecule has 2 rings (SSSR count). The Hall–Kier alpha value is -2.31. The first-order chi connectivity index (χ1) is 14.3. The third-order valence-electron chi connectivity index (χ3n) is 2.90. The fourth-order valence-corrected chi connectivity index (χ4v) is 2.69. The van der Waals surface area contributed by atoms with Crippen LogP contribution in [-0.4, -0.2) is 52.5 Å². The lowest BCUT2D eigenvalue weighted by Gasteiger charge is -1.93. The van der Waals surface area contributed by atoms with Crippen molar-refractivity contribution in [2.24, 2.45) is 0 Å². The molecule has 0 spiro atoms. The van der Waals surface area contributed by atoms with E-state index >= 15 is 0 Å². The van der Waals surface area contributed by atoms with Crippen molar-refractivity contribution in [3.63, 3.8) is 0 Å². The number of nitrogens with zero attached hydrogens (tertiary/aromatic N) is 4. The largest absolute Gasteiger partial charge is 0.476 e. The van der Waals surface area contributed by atoms with Gasteiger partial charge in [-0.3, -0.25) is 4.79 Å². The lowest BCUT2D eigenvalue weighted by molar-refractivity contribution is -0.117. The number of aromatic carboxylic acids is 1. The van der Waals surface area contributed by atoms with Crippen LogP contribution < -0.4 is 0 Å². The van der Waals surface area contributed by atoms with E-state index in [0.29, 0.717) is 17.0 Å². The predicted octanol–water partition coefficient (Wildman–Crippen LogP) is 4.32. The van der Waals surface area contributed by atoms with Gasteiger partial charge in [0.25, 0.3) is 0 Å². The van der Waals surface area contributed by atoms with E-state index < -0.39 is 5.97 Å². The Morgan fingerprint density at radius 3 is 1.45 bits per heavy atom. The highest BCUT2D eigenvalue weighted by atomic mass is 32.1. The van der Waals surface area contributed by atoms with E-state index in [1.54, 1.807) is 13.8 Å². The minimum Gasteiger partial charge on any atom is -0.476 e. The summed E-state index contributed by atoms with van der Waals surface area (Å²) >= 11 is 7.18. The van der Waals surface area contributed by atoms with Gasteiger partial charge in [0, 0.05) is 13.3 Å². The molecule has 1 N–H and O–H groups in total. The van der Waals surface area contributed by atoms with Gasteiger partial charge in [-0.2, -0.15) is 0 Å². The SMILES string of the molecule is CC(=O)CCCC(C)=S.CC(=O)c1nnsc1C.CC(C)=O.Cc1snnc1C(=O)O. The molecular weight excluding hydrogens is 460 g/mol. The Balaban J connectivity index is 0. The van der Waals surface area contributed by atoms with E-state index in [0.717, 1.165) is 34.1 Å². The van der Waals surface area contributed by atoms with Crippen LogP contribution in [0.3, 0.4) is 0 Å². The molecule has 0 amide bonds. The number of hydrogen-bond donors (Lipinski definition) is 1. The van der Waals surface area contributed by atoms with Crippen LogP contribution in [0, 0.1) is 13.8 Å². The van der Waals surface area contributed by atoms with Crippen molar-refractivity contribution >= 4 is 63.5 Å². The number of thiocarbonyl (C=S) groups is 1. The maximum Gasteiger partial charge on any atom is 0.357 e. The number of carbonyl (C=O) groups excluding carboxylic acids is 3. The zero-order valence-corrected chi connectivity index (χ0v) is 21.2. The Morgan fingerprint density at radius 2 is 1.26 bits per heavy atom. The van der Waals surface area contributed by atoms with E-state index in [1.165, 1.54) is 32.3 Å². The van der Waals surface area contributed by atoms with Crippen LogP contribution in [-0.2, 0) is 9.59 Å². The average molecular weight is 489 g/mol. The molecule has 0 unspecified atom stereocenters. The Morgan fingerprint density at radius 1 is 0.839 bits per heavy atom. The van der Waals surface area contributed by atoms with Gasteiger partial charge in [0.15, 0.2) is 11.5 Å². The topological polar surface area (TPSA) is 140 Å². The van der Waals surface area contributed by atoms with Gasteiger partial charge >= 0.3 is 5.97 Å². The van der Waals surface area contributed by atoms with Gasteiger partial charge in [-0.25, -0.2) is 4.79 Å². The van der Waals surface area contributed by atoms with Crippen LogP contribution >= 0.6 is 35.3 Å². The van der Waals surface area contributed by atoms with Gasteiger partial charge in [0.2, 0.25) is 0 Å². The smallest absolute Gasteiger partial charge is 0.357 e. The van der Waals surface area contributed by atoms with Crippen LogP contribution in [0.2, 0.25) is 0 Å². The molecule has 172 valence electrons. The zero-order valence-electron chi connectivity index (χ0n) is 18.7. The van der Waals surface area contributed by atoms with Gasteiger partial charge in [-0.05, 0) is 82.3 Å². The summed E-state index contributed by atoms with van der Waals surface area (Å²) in [7, 11) is 0. The van der Waals surface area contributed by atoms with E-state index in [1.807, 2.05) is 13.8 Å². The van der Waals surface area contributed by atoms with E-state index in [9.17, 15) is 19.2 Å². The fourth-order valence-electron chi connectivity index (χ4n) is 1.57.